The largest absolute Gasteiger partial charge is 0.491 e. The van der Waals surface area contributed by atoms with Crippen molar-refractivity contribution in [3.63, 3.8) is 0 Å². The van der Waals surface area contributed by atoms with E-state index < -0.39 is 0 Å². The molecule has 0 bridgehead atoms. The van der Waals surface area contributed by atoms with Crippen molar-refractivity contribution in [1.82, 2.24) is 4.98 Å². The molecule has 2 rings (SSSR count). The number of hydrogen-bond donors (Lipinski definition) is 0. The highest BCUT2D eigenvalue weighted by molar-refractivity contribution is 5.28. The molecule has 0 aromatic carbocycles. The van der Waals surface area contributed by atoms with Gasteiger partial charge in [0.05, 0.1) is 12.3 Å². The summed E-state index contributed by atoms with van der Waals surface area (Å²) >= 11 is 0. The highest BCUT2D eigenvalue weighted by atomic mass is 16.5. The Bertz CT molecular complexity index is 296. The van der Waals surface area contributed by atoms with Crippen LogP contribution < -0.4 is 4.74 Å². The van der Waals surface area contributed by atoms with Gasteiger partial charge in [0.15, 0.2) is 0 Å². The molecule has 1 aromatic heterocycles. The van der Waals surface area contributed by atoms with Gasteiger partial charge in [0.1, 0.15) is 5.75 Å². The maximum atomic E-state index is 5.63. The Balaban J connectivity index is 2.20. The number of hydrogen-bond acceptors (Lipinski definition) is 2. The van der Waals surface area contributed by atoms with Crippen molar-refractivity contribution in [1.29, 1.82) is 0 Å². The van der Waals surface area contributed by atoms with Gasteiger partial charge in [0.25, 0.3) is 0 Å². The quantitative estimate of drug-likeness (QED) is 0.656. The fraction of sp³-hybridized carbons (Fsp3) is 0.545. The maximum Gasteiger partial charge on any atom is 0.140 e. The zero-order valence-electron chi connectivity index (χ0n) is 8.16. The Labute approximate surface area is 78.9 Å². The Morgan fingerprint density at radius 2 is 2.38 bits per heavy atom. The van der Waals surface area contributed by atoms with Crippen LogP contribution in [0.2, 0.25) is 0 Å². The second kappa shape index (κ2) is 3.36. The summed E-state index contributed by atoms with van der Waals surface area (Å²) in [6.07, 6.45) is 2.90. The van der Waals surface area contributed by atoms with Gasteiger partial charge in [0.2, 0.25) is 0 Å². The van der Waals surface area contributed by atoms with Crippen LogP contribution in [-0.2, 0) is 6.42 Å². The molecule has 0 saturated heterocycles. The molecule has 0 amide bonds. The second-order valence-electron chi connectivity index (χ2n) is 3.97. The zero-order chi connectivity index (χ0) is 9.26. The van der Waals surface area contributed by atoms with Crippen LogP contribution in [0.5, 0.6) is 5.75 Å². The predicted molar refractivity (Wildman–Crippen MR) is 51.8 cm³/mol. The average molecular weight is 177 g/mol. The summed E-state index contributed by atoms with van der Waals surface area (Å²) in [6, 6.07) is 3.92. The Hall–Kier alpha value is -1.05. The van der Waals surface area contributed by atoms with E-state index in [2.05, 4.69) is 18.8 Å². The van der Waals surface area contributed by atoms with Crippen LogP contribution in [0.4, 0.5) is 0 Å². The Kier molecular flexibility index (Phi) is 2.21. The van der Waals surface area contributed by atoms with Gasteiger partial charge in [-0.15, -0.1) is 0 Å². The molecule has 0 aliphatic carbocycles. The number of fused-ring (bicyclic) bond motifs is 1. The van der Waals surface area contributed by atoms with Crippen molar-refractivity contribution < 1.29 is 4.74 Å². The number of rotatable bonds is 1. The molecule has 1 aliphatic rings. The van der Waals surface area contributed by atoms with E-state index in [0.29, 0.717) is 11.8 Å². The molecule has 2 heteroatoms. The molecular formula is C11H15NO. The molecule has 13 heavy (non-hydrogen) atoms. The predicted octanol–water partition coefficient (Wildman–Crippen LogP) is 2.29. The molecule has 1 atom stereocenters. The van der Waals surface area contributed by atoms with Crippen LogP contribution in [-0.4, -0.2) is 11.6 Å². The molecule has 2 nitrogen and oxygen atoms in total. The second-order valence-corrected chi connectivity index (χ2v) is 3.97. The third kappa shape index (κ3) is 1.67. The smallest absolute Gasteiger partial charge is 0.140 e. The maximum absolute atomic E-state index is 5.63. The van der Waals surface area contributed by atoms with E-state index in [1.165, 1.54) is 0 Å². The third-order valence-corrected chi connectivity index (χ3v) is 2.70. The molecule has 0 spiro atoms. The standard InChI is InChI=1S/C11H15NO/c1-8(2)9-6-10-11(13-7-9)4-3-5-12-10/h3-5,8-9H,6-7H2,1-2H3. The zero-order valence-corrected chi connectivity index (χ0v) is 8.16. The number of nitrogens with zero attached hydrogens (tertiary/aromatic N) is 1. The van der Waals surface area contributed by atoms with Crippen LogP contribution in [0.15, 0.2) is 18.3 Å². The minimum Gasteiger partial charge on any atom is -0.491 e. The lowest BCUT2D eigenvalue weighted by Gasteiger charge is -2.26. The Morgan fingerprint density at radius 1 is 1.54 bits per heavy atom. The van der Waals surface area contributed by atoms with E-state index in [1.807, 2.05) is 18.3 Å². The van der Waals surface area contributed by atoms with Crippen LogP contribution in [0.25, 0.3) is 0 Å². The highest BCUT2D eigenvalue weighted by Gasteiger charge is 2.22. The fourth-order valence-corrected chi connectivity index (χ4v) is 1.64. The summed E-state index contributed by atoms with van der Waals surface area (Å²) in [5.74, 6) is 2.27. The van der Waals surface area contributed by atoms with Crippen LogP contribution in [0, 0.1) is 11.8 Å². The van der Waals surface area contributed by atoms with Crippen LogP contribution >= 0.6 is 0 Å². The summed E-state index contributed by atoms with van der Waals surface area (Å²) < 4.78 is 5.63. The first-order chi connectivity index (χ1) is 6.27. The molecule has 70 valence electrons. The van der Waals surface area contributed by atoms with Gasteiger partial charge < -0.3 is 4.74 Å². The molecular weight excluding hydrogens is 162 g/mol. The first kappa shape index (κ1) is 8.54. The van der Waals surface area contributed by atoms with Crippen LogP contribution in [0.1, 0.15) is 19.5 Å². The van der Waals surface area contributed by atoms with Crippen molar-refractivity contribution in [2.45, 2.75) is 20.3 Å². The summed E-state index contributed by atoms with van der Waals surface area (Å²) in [5.41, 5.74) is 1.12. The summed E-state index contributed by atoms with van der Waals surface area (Å²) in [5, 5.41) is 0. The molecule has 0 fully saturated rings. The summed E-state index contributed by atoms with van der Waals surface area (Å²) in [6.45, 7) is 5.32. The molecule has 2 heterocycles. The van der Waals surface area contributed by atoms with Crippen molar-refractivity contribution >= 4 is 0 Å². The fourth-order valence-electron chi connectivity index (χ4n) is 1.64. The van der Waals surface area contributed by atoms with Crippen molar-refractivity contribution in [3.05, 3.63) is 24.0 Å². The van der Waals surface area contributed by atoms with E-state index in [0.717, 1.165) is 24.5 Å². The lowest BCUT2D eigenvalue weighted by atomic mass is 9.90. The van der Waals surface area contributed by atoms with Crippen molar-refractivity contribution in [2.75, 3.05) is 6.61 Å². The van der Waals surface area contributed by atoms with Gasteiger partial charge in [-0.05, 0) is 24.5 Å². The number of ether oxygens (including phenoxy) is 1. The van der Waals surface area contributed by atoms with Gasteiger partial charge in [-0.1, -0.05) is 13.8 Å². The first-order valence-electron chi connectivity index (χ1n) is 4.84. The number of aromatic nitrogens is 1. The minimum atomic E-state index is 0.627. The third-order valence-electron chi connectivity index (χ3n) is 2.70. The first-order valence-corrected chi connectivity index (χ1v) is 4.84. The molecule has 1 aliphatic heterocycles. The van der Waals surface area contributed by atoms with Crippen molar-refractivity contribution in [3.8, 4) is 5.75 Å². The van der Waals surface area contributed by atoms with Gasteiger partial charge in [-0.2, -0.15) is 0 Å². The van der Waals surface area contributed by atoms with Gasteiger partial charge in [-0.3, -0.25) is 4.98 Å². The van der Waals surface area contributed by atoms with Crippen LogP contribution in [0.3, 0.4) is 0 Å². The topological polar surface area (TPSA) is 22.1 Å². The van der Waals surface area contributed by atoms with Crippen molar-refractivity contribution in [2.24, 2.45) is 11.8 Å². The normalized spacial score (nSPS) is 21.0. The molecule has 0 saturated carbocycles. The molecule has 0 radical (unpaired) electrons. The summed E-state index contributed by atoms with van der Waals surface area (Å²) in [4.78, 5) is 4.33. The average Bonchev–Trinajstić information content (AvgIpc) is 2.17. The lowest BCUT2D eigenvalue weighted by molar-refractivity contribution is 0.182. The van der Waals surface area contributed by atoms with E-state index in [4.69, 9.17) is 4.74 Å². The van der Waals surface area contributed by atoms with E-state index in [-0.39, 0.29) is 0 Å². The van der Waals surface area contributed by atoms with E-state index in [1.54, 1.807) is 0 Å². The lowest BCUT2D eigenvalue weighted by Crippen LogP contribution is -2.25. The monoisotopic (exact) mass is 177 g/mol. The summed E-state index contributed by atoms with van der Waals surface area (Å²) in [7, 11) is 0. The minimum absolute atomic E-state index is 0.627. The van der Waals surface area contributed by atoms with E-state index in [9.17, 15) is 0 Å². The molecule has 1 unspecified atom stereocenters. The Morgan fingerprint density at radius 3 is 3.15 bits per heavy atom. The molecule has 0 N–H and O–H groups in total. The van der Waals surface area contributed by atoms with Gasteiger partial charge in [0, 0.05) is 12.1 Å². The SMILES string of the molecule is CC(C)C1COc2cccnc2C1. The number of pyridine rings is 1. The van der Waals surface area contributed by atoms with E-state index >= 15 is 0 Å². The van der Waals surface area contributed by atoms with Gasteiger partial charge in [-0.25, -0.2) is 0 Å². The molecule has 1 aromatic rings. The van der Waals surface area contributed by atoms with Gasteiger partial charge >= 0.3 is 0 Å². The highest BCUT2D eigenvalue weighted by Crippen LogP contribution is 2.28.